The third kappa shape index (κ3) is 5.67. The van der Waals surface area contributed by atoms with Crippen molar-refractivity contribution in [2.45, 2.75) is 32.2 Å². The number of fused-ring (bicyclic) bond motifs is 1. The molecule has 3 amide bonds. The molecule has 35 heavy (non-hydrogen) atoms. The highest BCUT2D eigenvalue weighted by Crippen LogP contribution is 2.32. The fraction of sp³-hybridized carbons (Fsp3) is 0.423. The standard InChI is InChI=1S/C26H31N3O6/c1-3-11-27-25(31)23(28-24(30)18-7-8-21-22(15-18)35-16-34-21)17-9-12-29(13-10-17)26(32)19-5-4-6-20(14-19)33-2/h4-8,14-15,17,23H,3,9-13,16H2,1-2H3,(H,27,31)(H,28,30). The van der Waals surface area contributed by atoms with Crippen LogP contribution in [0.15, 0.2) is 42.5 Å². The van der Waals surface area contributed by atoms with Gasteiger partial charge in [-0.05, 0) is 61.6 Å². The number of piperidine rings is 1. The topological polar surface area (TPSA) is 106 Å². The van der Waals surface area contributed by atoms with Crippen LogP contribution in [-0.2, 0) is 4.79 Å². The third-order valence-electron chi connectivity index (χ3n) is 6.37. The summed E-state index contributed by atoms with van der Waals surface area (Å²) in [6.07, 6.45) is 1.99. The van der Waals surface area contributed by atoms with Gasteiger partial charge in [-0.25, -0.2) is 0 Å². The number of likely N-dealkylation sites (tertiary alicyclic amines) is 1. The largest absolute Gasteiger partial charge is 0.497 e. The summed E-state index contributed by atoms with van der Waals surface area (Å²) in [5, 5.41) is 5.83. The molecule has 4 rings (SSSR count). The lowest BCUT2D eigenvalue weighted by atomic mass is 9.88. The van der Waals surface area contributed by atoms with Crippen LogP contribution in [0.2, 0.25) is 0 Å². The number of hydrogen-bond donors (Lipinski definition) is 2. The molecule has 9 nitrogen and oxygen atoms in total. The van der Waals surface area contributed by atoms with Crippen LogP contribution in [0.4, 0.5) is 0 Å². The average molecular weight is 482 g/mol. The molecule has 2 heterocycles. The van der Waals surface area contributed by atoms with Crippen LogP contribution in [0.3, 0.4) is 0 Å². The molecule has 0 radical (unpaired) electrons. The van der Waals surface area contributed by atoms with Gasteiger partial charge in [0.1, 0.15) is 11.8 Å². The number of hydrogen-bond acceptors (Lipinski definition) is 6. The average Bonchev–Trinajstić information content (AvgIpc) is 3.38. The predicted octanol–water partition coefficient (Wildman–Crippen LogP) is 2.60. The van der Waals surface area contributed by atoms with Crippen molar-refractivity contribution in [2.75, 3.05) is 33.5 Å². The van der Waals surface area contributed by atoms with Crippen LogP contribution in [0.1, 0.15) is 46.9 Å². The molecular formula is C26H31N3O6. The van der Waals surface area contributed by atoms with E-state index in [9.17, 15) is 14.4 Å². The number of ether oxygens (including phenoxy) is 3. The van der Waals surface area contributed by atoms with Gasteiger partial charge in [-0.15, -0.1) is 0 Å². The molecule has 1 saturated heterocycles. The first-order valence-corrected chi connectivity index (χ1v) is 11.9. The Morgan fingerprint density at radius 2 is 1.83 bits per heavy atom. The minimum absolute atomic E-state index is 0.0706. The lowest BCUT2D eigenvalue weighted by Gasteiger charge is -2.36. The fourth-order valence-corrected chi connectivity index (χ4v) is 4.39. The summed E-state index contributed by atoms with van der Waals surface area (Å²) in [6.45, 7) is 3.62. The Kier molecular flexibility index (Phi) is 7.74. The van der Waals surface area contributed by atoms with E-state index in [1.165, 1.54) is 0 Å². The van der Waals surface area contributed by atoms with Crippen LogP contribution in [0.25, 0.3) is 0 Å². The van der Waals surface area contributed by atoms with Gasteiger partial charge in [0.15, 0.2) is 11.5 Å². The Balaban J connectivity index is 1.43. The van der Waals surface area contributed by atoms with Gasteiger partial charge in [-0.3, -0.25) is 14.4 Å². The van der Waals surface area contributed by atoms with Gasteiger partial charge in [0, 0.05) is 30.8 Å². The second-order valence-corrected chi connectivity index (χ2v) is 8.67. The second kappa shape index (κ2) is 11.1. The zero-order chi connectivity index (χ0) is 24.8. The van der Waals surface area contributed by atoms with E-state index >= 15 is 0 Å². The summed E-state index contributed by atoms with van der Waals surface area (Å²) in [7, 11) is 1.57. The minimum atomic E-state index is -0.700. The van der Waals surface area contributed by atoms with Crippen molar-refractivity contribution in [3.05, 3.63) is 53.6 Å². The number of nitrogens with zero attached hydrogens (tertiary/aromatic N) is 1. The molecule has 186 valence electrons. The van der Waals surface area contributed by atoms with Crippen molar-refractivity contribution in [1.29, 1.82) is 0 Å². The van der Waals surface area contributed by atoms with E-state index in [2.05, 4.69) is 10.6 Å². The van der Waals surface area contributed by atoms with E-state index in [1.54, 1.807) is 54.5 Å². The van der Waals surface area contributed by atoms with Crippen LogP contribution in [0.5, 0.6) is 17.2 Å². The van der Waals surface area contributed by atoms with Crippen molar-refractivity contribution in [2.24, 2.45) is 5.92 Å². The van der Waals surface area contributed by atoms with E-state index < -0.39 is 6.04 Å². The van der Waals surface area contributed by atoms with Crippen molar-refractivity contribution in [1.82, 2.24) is 15.5 Å². The number of rotatable bonds is 8. The second-order valence-electron chi connectivity index (χ2n) is 8.67. The van der Waals surface area contributed by atoms with Gasteiger partial charge in [-0.1, -0.05) is 13.0 Å². The molecule has 0 aliphatic carbocycles. The smallest absolute Gasteiger partial charge is 0.253 e. The van der Waals surface area contributed by atoms with Crippen LogP contribution >= 0.6 is 0 Å². The van der Waals surface area contributed by atoms with Crippen molar-refractivity contribution < 1.29 is 28.6 Å². The van der Waals surface area contributed by atoms with E-state index in [-0.39, 0.29) is 30.4 Å². The Morgan fingerprint density at radius 3 is 2.57 bits per heavy atom. The first-order chi connectivity index (χ1) is 17.0. The lowest BCUT2D eigenvalue weighted by molar-refractivity contribution is -0.124. The summed E-state index contributed by atoms with van der Waals surface area (Å²) in [5.74, 6) is 0.997. The molecule has 0 bridgehead atoms. The van der Waals surface area contributed by atoms with Crippen LogP contribution < -0.4 is 24.8 Å². The molecule has 0 aromatic heterocycles. The van der Waals surface area contributed by atoms with Gasteiger partial charge >= 0.3 is 0 Å². The summed E-state index contributed by atoms with van der Waals surface area (Å²) < 4.78 is 15.9. The van der Waals surface area contributed by atoms with E-state index in [1.807, 2.05) is 6.92 Å². The highest BCUT2D eigenvalue weighted by atomic mass is 16.7. The Morgan fingerprint density at radius 1 is 1.06 bits per heavy atom. The van der Waals surface area contributed by atoms with E-state index in [0.29, 0.717) is 60.9 Å². The molecule has 2 N–H and O–H groups in total. The predicted molar refractivity (Wildman–Crippen MR) is 129 cm³/mol. The highest BCUT2D eigenvalue weighted by molar-refractivity contribution is 5.98. The first-order valence-electron chi connectivity index (χ1n) is 11.9. The number of methoxy groups -OCH3 is 1. The van der Waals surface area contributed by atoms with Crippen molar-refractivity contribution in [3.63, 3.8) is 0 Å². The van der Waals surface area contributed by atoms with Crippen LogP contribution in [-0.4, -0.2) is 62.2 Å². The maximum absolute atomic E-state index is 13.0. The van der Waals surface area contributed by atoms with E-state index in [0.717, 1.165) is 6.42 Å². The normalized spacial score (nSPS) is 15.9. The maximum atomic E-state index is 13.0. The maximum Gasteiger partial charge on any atom is 0.253 e. The number of benzene rings is 2. The van der Waals surface area contributed by atoms with E-state index in [4.69, 9.17) is 14.2 Å². The first kappa shape index (κ1) is 24.4. The van der Waals surface area contributed by atoms with Crippen molar-refractivity contribution >= 4 is 17.7 Å². The van der Waals surface area contributed by atoms with Crippen LogP contribution in [0, 0.1) is 5.92 Å². The number of carbonyl (C=O) groups is 3. The molecule has 2 aromatic rings. The SMILES string of the molecule is CCCNC(=O)C(NC(=O)c1ccc2c(c1)OCO2)C1CCN(C(=O)c2cccc(OC)c2)CC1. The third-order valence-corrected chi connectivity index (χ3v) is 6.37. The molecule has 9 heteroatoms. The Bertz CT molecular complexity index is 1080. The zero-order valence-electron chi connectivity index (χ0n) is 20.0. The van der Waals surface area contributed by atoms with Gasteiger partial charge in [-0.2, -0.15) is 0 Å². The monoisotopic (exact) mass is 481 g/mol. The Labute approximate surface area is 204 Å². The summed E-state index contributed by atoms with van der Waals surface area (Å²) >= 11 is 0. The molecule has 1 atom stereocenters. The van der Waals surface area contributed by atoms with Crippen molar-refractivity contribution in [3.8, 4) is 17.2 Å². The van der Waals surface area contributed by atoms with Gasteiger partial charge in [0.25, 0.3) is 11.8 Å². The Hall–Kier alpha value is -3.75. The summed E-state index contributed by atoms with van der Waals surface area (Å²) in [5.41, 5.74) is 0.962. The quantitative estimate of drug-likeness (QED) is 0.600. The lowest BCUT2D eigenvalue weighted by Crippen LogP contribution is -2.54. The fourth-order valence-electron chi connectivity index (χ4n) is 4.39. The summed E-state index contributed by atoms with van der Waals surface area (Å²) in [4.78, 5) is 40.8. The van der Waals surface area contributed by atoms with Gasteiger partial charge < -0.3 is 29.7 Å². The zero-order valence-corrected chi connectivity index (χ0v) is 20.0. The molecule has 0 spiro atoms. The molecule has 1 unspecified atom stereocenters. The molecule has 2 aliphatic rings. The molecule has 2 aliphatic heterocycles. The number of amides is 3. The minimum Gasteiger partial charge on any atom is -0.497 e. The molecule has 2 aromatic carbocycles. The number of carbonyl (C=O) groups excluding carboxylic acids is 3. The molecule has 1 fully saturated rings. The molecule has 0 saturated carbocycles. The summed E-state index contributed by atoms with van der Waals surface area (Å²) in [6, 6.07) is 11.3. The van der Waals surface area contributed by atoms with Gasteiger partial charge in [0.2, 0.25) is 12.7 Å². The highest BCUT2D eigenvalue weighted by Gasteiger charge is 2.34. The molecular weight excluding hydrogens is 450 g/mol. The number of nitrogens with one attached hydrogen (secondary N) is 2. The van der Waals surface area contributed by atoms with Gasteiger partial charge in [0.05, 0.1) is 7.11 Å².